The predicted molar refractivity (Wildman–Crippen MR) is 479 cm³/mol. The maximum absolute atomic E-state index is 5.23. The molecule has 0 radical (unpaired) electrons. The Balaban J connectivity index is 0.000000152. The van der Waals surface area contributed by atoms with Crippen LogP contribution in [0.4, 0.5) is 0 Å². The van der Waals surface area contributed by atoms with Gasteiger partial charge in [0.05, 0.1) is 56.2 Å². The van der Waals surface area contributed by atoms with Gasteiger partial charge in [0.1, 0.15) is 0 Å². The second-order valence-corrected chi connectivity index (χ2v) is 29.4. The summed E-state index contributed by atoms with van der Waals surface area (Å²) >= 11 is 0. The molecule has 540 valence electrons. The fraction of sp³-hybridized carbons (Fsp3) is 0.0185. The van der Waals surface area contributed by atoms with Crippen LogP contribution in [0.15, 0.2) is 406 Å². The minimum Gasteiger partial charge on any atom is -0.309 e. The van der Waals surface area contributed by atoms with E-state index in [1.807, 2.05) is 18.2 Å². The number of rotatable bonds is 13. The fourth-order valence-electron chi connectivity index (χ4n) is 16.3. The first-order valence-electron chi connectivity index (χ1n) is 39.0. The summed E-state index contributed by atoms with van der Waals surface area (Å²) in [6, 6.07) is 144. The number of aromatic nitrogens is 7. The molecule has 0 aliphatic carbocycles. The van der Waals surface area contributed by atoms with Gasteiger partial charge in [-0.05, 0) is 131 Å². The van der Waals surface area contributed by atoms with Gasteiger partial charge in [0.15, 0.2) is 11.6 Å². The van der Waals surface area contributed by atoms with Gasteiger partial charge < -0.3 is 4.57 Å². The van der Waals surface area contributed by atoms with E-state index in [4.69, 9.17) is 29.9 Å². The van der Waals surface area contributed by atoms with Crippen LogP contribution in [0.1, 0.15) is 11.1 Å². The Kier molecular flexibility index (Phi) is 18.0. The Morgan fingerprint density at radius 3 is 0.939 bits per heavy atom. The van der Waals surface area contributed by atoms with Crippen molar-refractivity contribution in [2.24, 2.45) is 0 Å². The molecular weight excluding hydrogens is 1400 g/mol. The van der Waals surface area contributed by atoms with Crippen LogP contribution in [-0.2, 0) is 0 Å². The number of hydrogen-bond acceptors (Lipinski definition) is 6. The van der Waals surface area contributed by atoms with Crippen molar-refractivity contribution in [1.82, 2.24) is 34.5 Å². The largest absolute Gasteiger partial charge is 0.309 e. The summed E-state index contributed by atoms with van der Waals surface area (Å²) in [5.74, 6) is 1.40. The van der Waals surface area contributed by atoms with Crippen molar-refractivity contribution in [3.8, 4) is 141 Å². The second-order valence-electron chi connectivity index (χ2n) is 29.4. The molecule has 0 fully saturated rings. The molecule has 16 aromatic carbocycles. The molecule has 0 aliphatic heterocycles. The van der Waals surface area contributed by atoms with Gasteiger partial charge in [-0.2, -0.15) is 0 Å². The number of benzene rings is 16. The molecule has 0 bridgehead atoms. The summed E-state index contributed by atoms with van der Waals surface area (Å²) < 4.78 is 2.35. The Morgan fingerprint density at radius 1 is 0.191 bits per heavy atom. The van der Waals surface area contributed by atoms with Crippen LogP contribution >= 0.6 is 0 Å². The fourth-order valence-corrected chi connectivity index (χ4v) is 16.3. The molecule has 5 heterocycles. The van der Waals surface area contributed by atoms with Gasteiger partial charge in [-0.1, -0.05) is 345 Å². The van der Waals surface area contributed by atoms with Crippen molar-refractivity contribution in [2.45, 2.75) is 13.8 Å². The normalized spacial score (nSPS) is 11.4. The quantitative estimate of drug-likeness (QED) is 0.107. The molecule has 0 saturated heterocycles. The van der Waals surface area contributed by atoms with Crippen LogP contribution in [0.2, 0.25) is 0 Å². The highest BCUT2D eigenvalue weighted by atomic mass is 15.0. The predicted octanol–water partition coefficient (Wildman–Crippen LogP) is 28.1. The summed E-state index contributed by atoms with van der Waals surface area (Å²) in [6.07, 6.45) is 0. The molecule has 115 heavy (non-hydrogen) atoms. The van der Waals surface area contributed by atoms with Crippen LogP contribution in [0, 0.1) is 13.8 Å². The number of hydrogen-bond donors (Lipinski definition) is 0. The van der Waals surface area contributed by atoms with Crippen LogP contribution < -0.4 is 0 Å². The molecule has 0 amide bonds. The first-order chi connectivity index (χ1) is 56.8. The minimum atomic E-state index is 0.685. The van der Waals surface area contributed by atoms with Gasteiger partial charge in [0.25, 0.3) is 0 Å². The molecular formula is C108H73N7. The number of aryl methyl sites for hydroxylation is 2. The lowest BCUT2D eigenvalue weighted by molar-refractivity contribution is 1.16. The highest BCUT2D eigenvalue weighted by molar-refractivity contribution is 6.19. The highest BCUT2D eigenvalue weighted by Crippen LogP contribution is 2.44. The molecule has 21 rings (SSSR count). The first-order valence-corrected chi connectivity index (χ1v) is 39.0. The van der Waals surface area contributed by atoms with E-state index in [0.29, 0.717) is 11.6 Å². The summed E-state index contributed by atoms with van der Waals surface area (Å²) in [7, 11) is 0. The number of nitrogens with zero attached hydrogens (tertiary/aromatic N) is 7. The van der Waals surface area contributed by atoms with Crippen molar-refractivity contribution in [2.75, 3.05) is 0 Å². The van der Waals surface area contributed by atoms with E-state index in [9.17, 15) is 0 Å². The van der Waals surface area contributed by atoms with Gasteiger partial charge >= 0.3 is 0 Å². The monoisotopic (exact) mass is 1470 g/mol. The van der Waals surface area contributed by atoms with E-state index < -0.39 is 0 Å². The highest BCUT2D eigenvalue weighted by Gasteiger charge is 2.21. The molecule has 0 atom stereocenters. The lowest BCUT2D eigenvalue weighted by Gasteiger charge is -2.15. The number of para-hydroxylation sites is 4. The van der Waals surface area contributed by atoms with Crippen LogP contribution in [0.3, 0.4) is 0 Å². The lowest BCUT2D eigenvalue weighted by atomic mass is 9.91. The van der Waals surface area contributed by atoms with Gasteiger partial charge in [-0.25, -0.2) is 29.9 Å². The second kappa shape index (κ2) is 29.9. The molecule has 7 heteroatoms. The Labute approximate surface area is 667 Å². The van der Waals surface area contributed by atoms with E-state index in [0.717, 1.165) is 150 Å². The average molecular weight is 1470 g/mol. The maximum atomic E-state index is 5.23. The topological polar surface area (TPSA) is 82.3 Å². The molecule has 0 spiro atoms. The molecule has 0 aliphatic rings. The summed E-state index contributed by atoms with van der Waals surface area (Å²) in [4.78, 5) is 31.0. The van der Waals surface area contributed by atoms with Crippen LogP contribution in [0.5, 0.6) is 0 Å². The number of fused-ring (bicyclic) bond motifs is 9. The summed E-state index contributed by atoms with van der Waals surface area (Å²) in [5, 5.41) is 9.47. The zero-order valence-corrected chi connectivity index (χ0v) is 63.3. The van der Waals surface area contributed by atoms with Crippen molar-refractivity contribution in [1.29, 1.82) is 0 Å². The van der Waals surface area contributed by atoms with E-state index in [-0.39, 0.29) is 0 Å². The molecule has 5 aromatic heterocycles. The standard InChI is InChI=1S/C59H38N4.C49H35N3/c1-3-17-39(18-4-1)58-51-31-16-30-47(57(51)50-29-7-10-32-52(50)60-58)43-23-13-21-41(35-43)42-22-14-24-44(36-42)53-38-54(62-59(61-53)40-19-5-2-6-20-40)45-25-15-26-46(37-45)63-55-33-11-8-27-48(55)49-28-9-12-34-56(49)63;1-32-21-25-34(26-22-32)45-31-46(52-49(51-45)36-27-23-33(2)24-28-36)40-16-9-14-38(30-40)37-13-8-15-39(29-37)41-18-10-19-43-47(41)42-17-6-7-20-44(42)50-48(43)35-11-4-3-5-12-35/h1-38H;3-31H,1-2H3. The molecule has 21 aromatic rings. The minimum absolute atomic E-state index is 0.685. The zero-order valence-electron chi connectivity index (χ0n) is 63.3. The number of pyridine rings is 2. The van der Waals surface area contributed by atoms with E-state index >= 15 is 0 Å². The first kappa shape index (κ1) is 69.0. The smallest absolute Gasteiger partial charge is 0.160 e. The average Bonchev–Trinajstić information content (AvgIpc) is 1.74. The van der Waals surface area contributed by atoms with Crippen molar-refractivity contribution >= 4 is 65.2 Å². The molecule has 0 unspecified atom stereocenters. The Bertz CT molecular complexity index is 7160. The Morgan fingerprint density at radius 2 is 0.496 bits per heavy atom. The van der Waals surface area contributed by atoms with Crippen molar-refractivity contribution < 1.29 is 0 Å². The molecule has 0 saturated carbocycles. The summed E-state index contributed by atoms with van der Waals surface area (Å²) in [5.41, 5.74) is 30.9. The SMILES string of the molecule is Cc1ccc(-c2cc(-c3cccc(-c4cccc(-c5cccc6c(-c7ccccc7)nc7ccccc7c56)c4)c3)nc(-c3ccc(C)cc3)n2)cc1.c1ccc(-c2nc(-c3cccc(-c4cccc(-c5cccc6c(-c7ccccc7)nc7ccccc7c56)c4)c3)cc(-c3cccc(-n4c5ccccc5c5ccccc54)c3)n2)cc1. The van der Waals surface area contributed by atoms with Gasteiger partial charge in [0.2, 0.25) is 0 Å². The van der Waals surface area contributed by atoms with Crippen LogP contribution in [-0.4, -0.2) is 34.5 Å². The van der Waals surface area contributed by atoms with Crippen molar-refractivity contribution in [3.05, 3.63) is 418 Å². The third-order valence-corrected chi connectivity index (χ3v) is 22.0. The van der Waals surface area contributed by atoms with E-state index in [1.165, 1.54) is 54.8 Å². The van der Waals surface area contributed by atoms with E-state index in [2.05, 4.69) is 407 Å². The van der Waals surface area contributed by atoms with E-state index in [1.54, 1.807) is 0 Å². The van der Waals surface area contributed by atoms with Gasteiger partial charge in [-0.15, -0.1) is 0 Å². The van der Waals surface area contributed by atoms with Gasteiger partial charge in [-0.3, -0.25) is 0 Å². The maximum Gasteiger partial charge on any atom is 0.160 e. The molecule has 0 N–H and O–H groups in total. The Hall–Kier alpha value is -15.2. The van der Waals surface area contributed by atoms with Crippen LogP contribution in [0.25, 0.3) is 206 Å². The van der Waals surface area contributed by atoms with Gasteiger partial charge in [0, 0.05) is 93.3 Å². The zero-order chi connectivity index (χ0) is 76.7. The third kappa shape index (κ3) is 13.4. The third-order valence-electron chi connectivity index (χ3n) is 22.0. The summed E-state index contributed by atoms with van der Waals surface area (Å²) in [6.45, 7) is 4.20. The van der Waals surface area contributed by atoms with Crippen molar-refractivity contribution in [3.63, 3.8) is 0 Å². The molecule has 7 nitrogen and oxygen atoms in total. The lowest BCUT2D eigenvalue weighted by Crippen LogP contribution is -1.98.